The van der Waals surface area contributed by atoms with Gasteiger partial charge in [0.05, 0.1) is 0 Å². The monoisotopic (exact) mass is 356 g/mol. The van der Waals surface area contributed by atoms with E-state index in [0.717, 1.165) is 42.6 Å². The summed E-state index contributed by atoms with van der Waals surface area (Å²) in [5.41, 5.74) is 8.75. The lowest BCUT2D eigenvalue weighted by Crippen LogP contribution is -2.52. The molecule has 26 heavy (non-hydrogen) atoms. The lowest BCUT2D eigenvalue weighted by molar-refractivity contribution is -0.136. The highest BCUT2D eigenvalue weighted by Crippen LogP contribution is 2.30. The molecule has 2 atom stereocenters. The average molecular weight is 356 g/mol. The van der Waals surface area contributed by atoms with Crippen molar-refractivity contribution in [2.24, 2.45) is 5.73 Å². The second kappa shape index (κ2) is 6.81. The number of nitrogens with one attached hydrogen (secondary N) is 1. The van der Waals surface area contributed by atoms with Crippen molar-refractivity contribution >= 4 is 17.7 Å². The summed E-state index contributed by atoms with van der Waals surface area (Å²) in [5, 5.41) is 2.34. The van der Waals surface area contributed by atoms with Crippen molar-refractivity contribution < 1.29 is 14.4 Å². The van der Waals surface area contributed by atoms with E-state index in [1.165, 1.54) is 0 Å². The van der Waals surface area contributed by atoms with Crippen molar-refractivity contribution in [3.05, 3.63) is 34.9 Å². The largest absolute Gasteiger partial charge is 0.327 e. The third-order valence-corrected chi connectivity index (χ3v) is 5.57. The van der Waals surface area contributed by atoms with E-state index in [1.54, 1.807) is 4.90 Å². The number of benzene rings is 1. The van der Waals surface area contributed by atoms with Crippen molar-refractivity contribution in [3.63, 3.8) is 0 Å². The number of hydrogen-bond donors (Lipinski definition) is 2. The maximum Gasteiger partial charge on any atom is 0.255 e. The second-order valence-corrected chi connectivity index (χ2v) is 7.49. The molecular weight excluding hydrogens is 332 g/mol. The zero-order valence-electron chi connectivity index (χ0n) is 14.7. The minimum Gasteiger partial charge on any atom is -0.327 e. The number of rotatable bonds is 3. The maximum atomic E-state index is 13.1. The summed E-state index contributed by atoms with van der Waals surface area (Å²) in [6.45, 7) is 2.96. The molecule has 3 aliphatic heterocycles. The van der Waals surface area contributed by atoms with Crippen LogP contribution in [-0.4, -0.2) is 52.7 Å². The molecule has 3 N–H and O–H groups in total. The van der Waals surface area contributed by atoms with Crippen LogP contribution in [0, 0.1) is 0 Å². The Morgan fingerprint density at radius 1 is 1.19 bits per heavy atom. The van der Waals surface area contributed by atoms with Gasteiger partial charge in [0.1, 0.15) is 6.04 Å². The summed E-state index contributed by atoms with van der Waals surface area (Å²) >= 11 is 0. The van der Waals surface area contributed by atoms with Crippen LogP contribution in [-0.2, 0) is 22.7 Å². The van der Waals surface area contributed by atoms with Crippen molar-refractivity contribution in [1.82, 2.24) is 15.1 Å². The molecule has 1 unspecified atom stereocenters. The van der Waals surface area contributed by atoms with Gasteiger partial charge >= 0.3 is 0 Å². The molecule has 3 aliphatic rings. The van der Waals surface area contributed by atoms with E-state index in [0.29, 0.717) is 19.5 Å². The lowest BCUT2D eigenvalue weighted by atomic mass is 10.0. The third kappa shape index (κ3) is 3.12. The Labute approximate surface area is 152 Å². The molecule has 1 aromatic rings. The fourth-order valence-corrected chi connectivity index (χ4v) is 4.30. The number of likely N-dealkylation sites (tertiary alicyclic amines) is 1. The normalized spacial score (nSPS) is 26.8. The number of imide groups is 1. The Kier molecular flexibility index (Phi) is 4.50. The van der Waals surface area contributed by atoms with Crippen LogP contribution in [0.15, 0.2) is 18.2 Å². The van der Waals surface area contributed by atoms with Gasteiger partial charge in [-0.25, -0.2) is 0 Å². The molecule has 2 fully saturated rings. The Morgan fingerprint density at radius 2 is 2.04 bits per heavy atom. The van der Waals surface area contributed by atoms with Crippen LogP contribution in [0.25, 0.3) is 0 Å². The number of piperidine rings is 2. The van der Waals surface area contributed by atoms with Crippen LogP contribution >= 0.6 is 0 Å². The fraction of sp³-hybridized carbons (Fsp3) is 0.526. The van der Waals surface area contributed by atoms with Gasteiger partial charge in [0.25, 0.3) is 5.91 Å². The first-order valence-electron chi connectivity index (χ1n) is 9.26. The first-order chi connectivity index (χ1) is 12.5. The quantitative estimate of drug-likeness (QED) is 0.763. The molecule has 0 bridgehead atoms. The zero-order chi connectivity index (χ0) is 18.3. The number of nitrogens with two attached hydrogens (primary N) is 1. The number of carbonyl (C=O) groups excluding carboxylic acids is 3. The Bertz CT molecular complexity index is 763. The molecule has 7 nitrogen and oxygen atoms in total. The Morgan fingerprint density at radius 3 is 2.81 bits per heavy atom. The fourth-order valence-electron chi connectivity index (χ4n) is 4.30. The lowest BCUT2D eigenvalue weighted by Gasteiger charge is -2.31. The third-order valence-electron chi connectivity index (χ3n) is 5.57. The van der Waals surface area contributed by atoms with Gasteiger partial charge in [0.2, 0.25) is 11.8 Å². The molecule has 4 rings (SSSR count). The van der Waals surface area contributed by atoms with E-state index < -0.39 is 6.04 Å². The molecule has 0 aromatic heterocycles. The Hall–Kier alpha value is -2.25. The molecule has 0 radical (unpaired) electrons. The number of hydrogen-bond acceptors (Lipinski definition) is 5. The van der Waals surface area contributed by atoms with Crippen molar-refractivity contribution in [1.29, 1.82) is 0 Å². The van der Waals surface area contributed by atoms with Crippen LogP contribution in [0.2, 0.25) is 0 Å². The van der Waals surface area contributed by atoms with Gasteiger partial charge in [-0.1, -0.05) is 18.2 Å². The molecule has 1 aromatic carbocycles. The highest BCUT2D eigenvalue weighted by molar-refractivity contribution is 6.05. The highest BCUT2D eigenvalue weighted by Gasteiger charge is 2.40. The number of amides is 3. The molecule has 0 saturated carbocycles. The van der Waals surface area contributed by atoms with E-state index in [2.05, 4.69) is 10.2 Å². The van der Waals surface area contributed by atoms with Gasteiger partial charge in [-0.3, -0.25) is 24.6 Å². The summed E-state index contributed by atoms with van der Waals surface area (Å²) in [6.07, 6.45) is 2.79. The molecule has 0 aliphatic carbocycles. The average Bonchev–Trinajstić information content (AvgIpc) is 2.93. The zero-order valence-corrected chi connectivity index (χ0v) is 14.7. The summed E-state index contributed by atoms with van der Waals surface area (Å²) < 4.78 is 0. The SMILES string of the molecule is N[C@@H]1CCCN(Cc2cccc3c2C(=O)N(C2CCC(=O)NC2=O)C3)C1. The van der Waals surface area contributed by atoms with Gasteiger partial charge in [0.15, 0.2) is 0 Å². The number of carbonyl (C=O) groups is 3. The van der Waals surface area contributed by atoms with Crippen molar-refractivity contribution in [3.8, 4) is 0 Å². The van der Waals surface area contributed by atoms with Gasteiger partial charge in [0, 0.05) is 37.7 Å². The summed E-state index contributed by atoms with van der Waals surface area (Å²) in [5.74, 6) is -0.741. The first-order valence-corrected chi connectivity index (χ1v) is 9.26. The van der Waals surface area contributed by atoms with Gasteiger partial charge in [-0.15, -0.1) is 0 Å². The number of fused-ring (bicyclic) bond motifs is 1. The molecule has 3 amide bonds. The number of nitrogens with zero attached hydrogens (tertiary/aromatic N) is 2. The van der Waals surface area contributed by atoms with Gasteiger partial charge in [-0.2, -0.15) is 0 Å². The first kappa shape index (κ1) is 17.2. The van der Waals surface area contributed by atoms with Crippen LogP contribution in [0.5, 0.6) is 0 Å². The van der Waals surface area contributed by atoms with E-state index in [9.17, 15) is 14.4 Å². The summed E-state index contributed by atoms with van der Waals surface area (Å²) in [7, 11) is 0. The second-order valence-electron chi connectivity index (χ2n) is 7.49. The van der Waals surface area contributed by atoms with Crippen molar-refractivity contribution in [2.75, 3.05) is 13.1 Å². The topological polar surface area (TPSA) is 95.7 Å². The minimum absolute atomic E-state index is 0.105. The van der Waals surface area contributed by atoms with Crippen LogP contribution in [0.3, 0.4) is 0 Å². The molecule has 0 spiro atoms. The minimum atomic E-state index is -0.566. The Balaban J connectivity index is 1.55. The van der Waals surface area contributed by atoms with E-state index in [1.807, 2.05) is 18.2 Å². The van der Waals surface area contributed by atoms with E-state index in [4.69, 9.17) is 5.73 Å². The molecular formula is C19H24N4O3. The molecule has 138 valence electrons. The molecule has 3 heterocycles. The predicted molar refractivity (Wildman–Crippen MR) is 95.0 cm³/mol. The van der Waals surface area contributed by atoms with E-state index in [-0.39, 0.29) is 30.2 Å². The smallest absolute Gasteiger partial charge is 0.255 e. The van der Waals surface area contributed by atoms with Crippen LogP contribution < -0.4 is 11.1 Å². The van der Waals surface area contributed by atoms with Crippen LogP contribution in [0.4, 0.5) is 0 Å². The molecule has 7 heteroatoms. The predicted octanol–water partition coefficient (Wildman–Crippen LogP) is 0.371. The highest BCUT2D eigenvalue weighted by atomic mass is 16.2. The van der Waals surface area contributed by atoms with Crippen molar-refractivity contribution in [2.45, 2.75) is 50.9 Å². The maximum absolute atomic E-state index is 13.1. The van der Waals surface area contributed by atoms with E-state index >= 15 is 0 Å². The van der Waals surface area contributed by atoms with Gasteiger partial charge in [-0.05, 0) is 36.9 Å². The van der Waals surface area contributed by atoms with Gasteiger partial charge < -0.3 is 10.6 Å². The standard InChI is InChI=1S/C19H24N4O3/c20-14-5-2-8-22(11-14)9-12-3-1-4-13-10-23(19(26)17(12)13)15-6-7-16(24)21-18(15)25/h1,3-4,14-15H,2,5-11,20H2,(H,21,24,25)/t14-,15?/m1/s1. The summed E-state index contributed by atoms with van der Waals surface area (Å²) in [6, 6.07) is 5.54. The van der Waals surface area contributed by atoms with Crippen LogP contribution in [0.1, 0.15) is 47.2 Å². The summed E-state index contributed by atoms with van der Waals surface area (Å²) in [4.78, 5) is 40.5. The molecule has 2 saturated heterocycles.